The van der Waals surface area contributed by atoms with Crippen molar-refractivity contribution in [2.75, 3.05) is 6.54 Å². The van der Waals surface area contributed by atoms with Crippen molar-refractivity contribution in [3.05, 3.63) is 69.7 Å². The number of carbonyl (C=O) groups excluding carboxylic acids is 1. The molecular weight excluding hydrogens is 328 g/mol. The second-order valence-electron chi connectivity index (χ2n) is 4.29. The highest BCUT2D eigenvalue weighted by atomic mass is 79.9. The van der Waals surface area contributed by atoms with E-state index in [1.807, 2.05) is 0 Å². The third-order valence-corrected chi connectivity index (χ3v) is 3.26. The third kappa shape index (κ3) is 4.13. The Hall–Kier alpha value is -1.75. The number of nitrogens with one attached hydrogen (secondary N) is 1. The van der Waals surface area contributed by atoms with E-state index in [9.17, 15) is 13.6 Å². The zero-order chi connectivity index (χ0) is 14.5. The number of hydrogen-bond acceptors (Lipinski definition) is 1. The van der Waals surface area contributed by atoms with Crippen molar-refractivity contribution < 1.29 is 13.6 Å². The van der Waals surface area contributed by atoms with Crippen LogP contribution < -0.4 is 5.32 Å². The van der Waals surface area contributed by atoms with Crippen LogP contribution >= 0.6 is 15.9 Å². The molecule has 0 heterocycles. The van der Waals surface area contributed by atoms with Gasteiger partial charge in [0.2, 0.25) is 0 Å². The van der Waals surface area contributed by atoms with Gasteiger partial charge in [-0.15, -0.1) is 0 Å². The summed E-state index contributed by atoms with van der Waals surface area (Å²) < 4.78 is 26.9. The van der Waals surface area contributed by atoms with E-state index in [-0.39, 0.29) is 5.91 Å². The summed E-state index contributed by atoms with van der Waals surface area (Å²) in [6.45, 7) is 0.317. The van der Waals surface area contributed by atoms with Gasteiger partial charge in [-0.3, -0.25) is 4.79 Å². The SMILES string of the molecule is O=C(NCCc1cc(F)cc(F)c1)c1ccc(Br)cc1. The molecule has 2 aromatic carbocycles. The van der Waals surface area contributed by atoms with Crippen molar-refractivity contribution in [2.24, 2.45) is 0 Å². The van der Waals surface area contributed by atoms with Crippen LogP contribution in [-0.4, -0.2) is 12.5 Å². The average molecular weight is 340 g/mol. The van der Waals surface area contributed by atoms with Crippen molar-refractivity contribution in [3.8, 4) is 0 Å². The summed E-state index contributed by atoms with van der Waals surface area (Å²) in [5, 5.41) is 2.71. The van der Waals surface area contributed by atoms with Crippen LogP contribution in [0, 0.1) is 11.6 Å². The molecule has 20 heavy (non-hydrogen) atoms. The Morgan fingerprint density at radius 1 is 1.05 bits per heavy atom. The summed E-state index contributed by atoms with van der Waals surface area (Å²) in [6, 6.07) is 10.3. The lowest BCUT2D eigenvalue weighted by Crippen LogP contribution is -2.25. The van der Waals surface area contributed by atoms with Crippen LogP contribution in [0.25, 0.3) is 0 Å². The molecule has 2 aromatic rings. The van der Waals surface area contributed by atoms with Gasteiger partial charge in [0.25, 0.3) is 5.91 Å². The summed E-state index contributed by atoms with van der Waals surface area (Å²) in [6.07, 6.45) is 0.372. The van der Waals surface area contributed by atoms with Gasteiger partial charge in [0.05, 0.1) is 0 Å². The van der Waals surface area contributed by atoms with Gasteiger partial charge in [-0.2, -0.15) is 0 Å². The molecule has 0 fully saturated rings. The van der Waals surface area contributed by atoms with Gasteiger partial charge >= 0.3 is 0 Å². The summed E-state index contributed by atoms with van der Waals surface area (Å²) in [7, 11) is 0. The molecule has 0 aliphatic heterocycles. The minimum atomic E-state index is -0.612. The van der Waals surface area contributed by atoms with Gasteiger partial charge < -0.3 is 5.32 Å². The second kappa shape index (κ2) is 6.61. The molecule has 2 rings (SSSR count). The van der Waals surface area contributed by atoms with Crippen LogP contribution in [0.2, 0.25) is 0 Å². The Kier molecular flexibility index (Phi) is 4.84. The molecule has 0 spiro atoms. The molecule has 5 heteroatoms. The topological polar surface area (TPSA) is 29.1 Å². The molecule has 2 nitrogen and oxygen atoms in total. The molecule has 0 aliphatic rings. The Balaban J connectivity index is 1.89. The lowest BCUT2D eigenvalue weighted by molar-refractivity contribution is 0.0954. The summed E-state index contributed by atoms with van der Waals surface area (Å²) in [5.41, 5.74) is 1.05. The molecular formula is C15H12BrF2NO. The van der Waals surface area contributed by atoms with Crippen molar-refractivity contribution in [1.82, 2.24) is 5.32 Å². The number of benzene rings is 2. The van der Waals surface area contributed by atoms with Crippen molar-refractivity contribution in [2.45, 2.75) is 6.42 Å². The Labute approximate surface area is 123 Å². The summed E-state index contributed by atoms with van der Waals surface area (Å²) in [4.78, 5) is 11.8. The van der Waals surface area contributed by atoms with E-state index < -0.39 is 11.6 Å². The van der Waals surface area contributed by atoms with E-state index in [1.54, 1.807) is 24.3 Å². The van der Waals surface area contributed by atoms with Gasteiger partial charge in [0.1, 0.15) is 11.6 Å². The molecule has 0 radical (unpaired) electrons. The Morgan fingerprint density at radius 3 is 2.25 bits per heavy atom. The largest absolute Gasteiger partial charge is 0.352 e. The van der Waals surface area contributed by atoms with Crippen LogP contribution in [0.15, 0.2) is 46.9 Å². The van der Waals surface area contributed by atoms with Gasteiger partial charge in [0, 0.05) is 22.6 Å². The first-order chi connectivity index (χ1) is 9.54. The number of amides is 1. The average Bonchev–Trinajstić information content (AvgIpc) is 2.38. The maximum atomic E-state index is 13.0. The fourth-order valence-electron chi connectivity index (χ4n) is 1.78. The summed E-state index contributed by atoms with van der Waals surface area (Å²) >= 11 is 3.29. The normalized spacial score (nSPS) is 10.3. The minimum absolute atomic E-state index is 0.214. The molecule has 0 aliphatic carbocycles. The predicted molar refractivity (Wildman–Crippen MR) is 76.5 cm³/mol. The fourth-order valence-corrected chi connectivity index (χ4v) is 2.04. The van der Waals surface area contributed by atoms with Crippen LogP contribution in [0.5, 0.6) is 0 Å². The molecule has 0 unspecified atom stereocenters. The van der Waals surface area contributed by atoms with E-state index in [4.69, 9.17) is 0 Å². The van der Waals surface area contributed by atoms with Gasteiger partial charge in [-0.05, 0) is 48.4 Å². The smallest absolute Gasteiger partial charge is 0.251 e. The monoisotopic (exact) mass is 339 g/mol. The van der Waals surface area contributed by atoms with E-state index >= 15 is 0 Å². The predicted octanol–water partition coefficient (Wildman–Crippen LogP) is 3.70. The van der Waals surface area contributed by atoms with E-state index in [2.05, 4.69) is 21.2 Å². The van der Waals surface area contributed by atoms with Crippen molar-refractivity contribution in [1.29, 1.82) is 0 Å². The van der Waals surface area contributed by atoms with Gasteiger partial charge in [0.15, 0.2) is 0 Å². The summed E-state index contributed by atoms with van der Waals surface area (Å²) in [5.74, 6) is -1.44. The highest BCUT2D eigenvalue weighted by Gasteiger charge is 2.05. The maximum absolute atomic E-state index is 13.0. The first-order valence-corrected chi connectivity index (χ1v) is 6.82. The molecule has 0 saturated heterocycles. The zero-order valence-electron chi connectivity index (χ0n) is 10.5. The lowest BCUT2D eigenvalue weighted by Gasteiger charge is -2.06. The van der Waals surface area contributed by atoms with Crippen molar-refractivity contribution in [3.63, 3.8) is 0 Å². The molecule has 104 valence electrons. The van der Waals surface area contributed by atoms with Crippen LogP contribution in [0.4, 0.5) is 8.78 Å². The molecule has 0 saturated carbocycles. The van der Waals surface area contributed by atoms with Gasteiger partial charge in [-0.25, -0.2) is 8.78 Å². The first kappa shape index (κ1) is 14.7. The quantitative estimate of drug-likeness (QED) is 0.904. The first-order valence-electron chi connectivity index (χ1n) is 6.03. The lowest BCUT2D eigenvalue weighted by atomic mass is 10.1. The molecule has 0 atom stereocenters. The Bertz CT molecular complexity index is 594. The zero-order valence-corrected chi connectivity index (χ0v) is 12.1. The number of hydrogen-bond donors (Lipinski definition) is 1. The number of carbonyl (C=O) groups is 1. The van der Waals surface area contributed by atoms with Gasteiger partial charge in [-0.1, -0.05) is 15.9 Å². The van der Waals surface area contributed by atoms with E-state index in [1.165, 1.54) is 12.1 Å². The minimum Gasteiger partial charge on any atom is -0.352 e. The third-order valence-electron chi connectivity index (χ3n) is 2.73. The highest BCUT2D eigenvalue weighted by Crippen LogP contribution is 2.11. The number of rotatable bonds is 4. The Morgan fingerprint density at radius 2 is 1.65 bits per heavy atom. The van der Waals surface area contributed by atoms with Crippen molar-refractivity contribution >= 4 is 21.8 Å². The molecule has 1 N–H and O–H groups in total. The molecule has 0 aromatic heterocycles. The molecule has 1 amide bonds. The van der Waals surface area contributed by atoms with Crippen LogP contribution in [0.1, 0.15) is 15.9 Å². The van der Waals surface area contributed by atoms with E-state index in [0.717, 1.165) is 10.5 Å². The van der Waals surface area contributed by atoms with Crippen LogP contribution in [0.3, 0.4) is 0 Å². The maximum Gasteiger partial charge on any atom is 0.251 e. The standard InChI is InChI=1S/C15H12BrF2NO/c16-12-3-1-11(2-4-12)15(20)19-6-5-10-7-13(17)9-14(18)8-10/h1-4,7-9H,5-6H2,(H,19,20). The second-order valence-corrected chi connectivity index (χ2v) is 5.21. The van der Waals surface area contributed by atoms with E-state index in [0.29, 0.717) is 24.1 Å². The fraction of sp³-hybridized carbons (Fsp3) is 0.133. The van der Waals surface area contributed by atoms with Crippen LogP contribution in [-0.2, 0) is 6.42 Å². The molecule has 0 bridgehead atoms. The highest BCUT2D eigenvalue weighted by molar-refractivity contribution is 9.10. The number of halogens is 3.